The molecule has 1 aliphatic heterocycles. The van der Waals surface area contributed by atoms with Gasteiger partial charge in [-0.3, -0.25) is 14.5 Å². The molecule has 3 rings (SSSR count). The van der Waals surface area contributed by atoms with Gasteiger partial charge in [-0.1, -0.05) is 12.1 Å². The number of rotatable bonds is 5. The van der Waals surface area contributed by atoms with Crippen molar-refractivity contribution in [1.29, 1.82) is 0 Å². The minimum Gasteiger partial charge on any atom is -0.493 e. The third-order valence-electron chi connectivity index (χ3n) is 4.05. The normalized spacial score (nSPS) is 14.3. The van der Waals surface area contributed by atoms with Crippen molar-refractivity contribution in [2.75, 3.05) is 31.0 Å². The molecule has 0 unspecified atom stereocenters. The van der Waals surface area contributed by atoms with Gasteiger partial charge in [0.15, 0.2) is 11.5 Å². The van der Waals surface area contributed by atoms with Crippen molar-refractivity contribution < 1.29 is 19.1 Å². The lowest BCUT2D eigenvalue weighted by atomic mass is 10.2. The highest BCUT2D eigenvalue weighted by molar-refractivity contribution is 8.00. The molecular weight excluding hydrogens is 352 g/mol. The zero-order valence-electron chi connectivity index (χ0n) is 14.8. The first-order chi connectivity index (χ1) is 12.5. The number of benzene rings is 2. The number of nitrogens with one attached hydrogen (secondary N) is 1. The Balaban J connectivity index is 1.79. The van der Waals surface area contributed by atoms with Crippen LogP contribution >= 0.6 is 11.8 Å². The maximum absolute atomic E-state index is 13.0. The Bertz CT molecular complexity index is 840. The summed E-state index contributed by atoms with van der Waals surface area (Å²) in [6.07, 6.45) is 0. The largest absolute Gasteiger partial charge is 0.493 e. The molecule has 7 heteroatoms. The van der Waals surface area contributed by atoms with E-state index in [1.807, 2.05) is 43.3 Å². The first-order valence-corrected chi connectivity index (χ1v) is 9.00. The Morgan fingerprint density at radius 2 is 1.88 bits per heavy atom. The van der Waals surface area contributed by atoms with Crippen LogP contribution in [0.3, 0.4) is 0 Å². The van der Waals surface area contributed by atoms with Gasteiger partial charge in [-0.15, -0.1) is 11.8 Å². The topological polar surface area (TPSA) is 67.9 Å². The lowest BCUT2D eigenvalue weighted by molar-refractivity contribution is -0.121. The average Bonchev–Trinajstić information content (AvgIpc) is 2.66. The van der Waals surface area contributed by atoms with E-state index in [0.29, 0.717) is 17.2 Å². The predicted octanol–water partition coefficient (Wildman–Crippen LogP) is 3.17. The number of para-hydroxylation sites is 2. The molecule has 0 spiro atoms. The van der Waals surface area contributed by atoms with Crippen LogP contribution in [0.2, 0.25) is 0 Å². The lowest BCUT2D eigenvalue weighted by Crippen LogP contribution is -2.45. The molecule has 0 saturated heterocycles. The summed E-state index contributed by atoms with van der Waals surface area (Å²) >= 11 is 1.41. The first kappa shape index (κ1) is 18.1. The van der Waals surface area contributed by atoms with Gasteiger partial charge in [-0.25, -0.2) is 0 Å². The summed E-state index contributed by atoms with van der Waals surface area (Å²) in [7, 11) is 3.15. The van der Waals surface area contributed by atoms with E-state index in [9.17, 15) is 9.59 Å². The molecule has 6 nitrogen and oxygen atoms in total. The molecule has 1 heterocycles. The van der Waals surface area contributed by atoms with E-state index in [4.69, 9.17) is 9.47 Å². The smallest absolute Gasteiger partial charge is 0.244 e. The summed E-state index contributed by atoms with van der Waals surface area (Å²) in [5.41, 5.74) is 1.37. The van der Waals surface area contributed by atoms with E-state index in [-0.39, 0.29) is 23.6 Å². The van der Waals surface area contributed by atoms with Crippen LogP contribution in [0.4, 0.5) is 11.4 Å². The van der Waals surface area contributed by atoms with Crippen molar-refractivity contribution in [3.8, 4) is 11.5 Å². The minimum atomic E-state index is -0.368. The molecule has 1 atom stereocenters. The number of methoxy groups -OCH3 is 2. The maximum Gasteiger partial charge on any atom is 0.244 e. The summed E-state index contributed by atoms with van der Waals surface area (Å²) in [6, 6.07) is 12.8. The van der Waals surface area contributed by atoms with Crippen LogP contribution < -0.4 is 19.7 Å². The van der Waals surface area contributed by atoms with E-state index < -0.39 is 0 Å². The average molecular weight is 372 g/mol. The highest BCUT2D eigenvalue weighted by Crippen LogP contribution is 2.35. The fourth-order valence-electron chi connectivity index (χ4n) is 2.79. The standard InChI is InChI=1S/C19H20N2O4S/c1-12(26-13-8-9-16(24-2)17(10-13)25-3)19(23)21-11-18(22)20-14-6-4-5-7-15(14)21/h4-10,12H,11H2,1-3H3,(H,20,22)/t12-/m1/s1. The molecule has 0 aliphatic carbocycles. The zero-order chi connectivity index (χ0) is 18.7. The predicted molar refractivity (Wildman–Crippen MR) is 102 cm³/mol. The van der Waals surface area contributed by atoms with Crippen LogP contribution in [0.1, 0.15) is 6.92 Å². The molecule has 0 fully saturated rings. The highest BCUT2D eigenvalue weighted by atomic mass is 32.2. The summed E-state index contributed by atoms with van der Waals surface area (Å²) in [5.74, 6) is 0.935. The molecule has 0 radical (unpaired) electrons. The summed E-state index contributed by atoms with van der Waals surface area (Å²) in [4.78, 5) is 27.3. The molecule has 2 aromatic carbocycles. The monoisotopic (exact) mass is 372 g/mol. The first-order valence-electron chi connectivity index (χ1n) is 8.12. The fourth-order valence-corrected chi connectivity index (χ4v) is 3.75. The van der Waals surface area contributed by atoms with Crippen LogP contribution in [0, 0.1) is 0 Å². The van der Waals surface area contributed by atoms with Crippen LogP contribution in [-0.2, 0) is 9.59 Å². The molecule has 0 bridgehead atoms. The number of nitrogens with zero attached hydrogens (tertiary/aromatic N) is 1. The summed E-state index contributed by atoms with van der Waals surface area (Å²) in [5, 5.41) is 2.42. The van der Waals surface area contributed by atoms with E-state index in [1.165, 1.54) is 16.7 Å². The van der Waals surface area contributed by atoms with Crippen molar-refractivity contribution >= 4 is 35.0 Å². The Morgan fingerprint density at radius 3 is 2.62 bits per heavy atom. The quantitative estimate of drug-likeness (QED) is 0.817. The van der Waals surface area contributed by atoms with Crippen molar-refractivity contribution in [3.63, 3.8) is 0 Å². The molecule has 26 heavy (non-hydrogen) atoms. The van der Waals surface area contributed by atoms with Crippen LogP contribution in [0.5, 0.6) is 11.5 Å². The van der Waals surface area contributed by atoms with Gasteiger partial charge < -0.3 is 14.8 Å². The van der Waals surface area contributed by atoms with E-state index in [1.54, 1.807) is 20.3 Å². The fraction of sp³-hybridized carbons (Fsp3) is 0.263. The molecule has 2 amide bonds. The third-order valence-corrected chi connectivity index (χ3v) is 5.13. The number of ether oxygens (including phenoxy) is 2. The molecule has 2 aromatic rings. The molecule has 0 aromatic heterocycles. The Kier molecular flexibility index (Phi) is 5.37. The zero-order valence-corrected chi connectivity index (χ0v) is 15.6. The van der Waals surface area contributed by atoms with Gasteiger partial charge in [0.05, 0.1) is 30.8 Å². The highest BCUT2D eigenvalue weighted by Gasteiger charge is 2.30. The number of hydrogen-bond donors (Lipinski definition) is 1. The lowest BCUT2D eigenvalue weighted by Gasteiger charge is -2.30. The van der Waals surface area contributed by atoms with Gasteiger partial charge in [-0.2, -0.15) is 0 Å². The number of hydrogen-bond acceptors (Lipinski definition) is 5. The minimum absolute atomic E-state index is 0.0205. The summed E-state index contributed by atoms with van der Waals surface area (Å²) in [6.45, 7) is 1.85. The van der Waals surface area contributed by atoms with Gasteiger partial charge in [0.1, 0.15) is 6.54 Å². The molecule has 1 aliphatic rings. The number of amides is 2. The Morgan fingerprint density at radius 1 is 1.15 bits per heavy atom. The molecular formula is C19H20N2O4S. The molecule has 136 valence electrons. The van der Waals surface area contributed by atoms with E-state index >= 15 is 0 Å². The van der Waals surface area contributed by atoms with Crippen molar-refractivity contribution in [2.24, 2.45) is 0 Å². The number of carbonyl (C=O) groups is 2. The van der Waals surface area contributed by atoms with E-state index in [0.717, 1.165) is 10.6 Å². The van der Waals surface area contributed by atoms with Crippen LogP contribution in [-0.4, -0.2) is 37.8 Å². The number of anilines is 2. The van der Waals surface area contributed by atoms with Crippen molar-refractivity contribution in [3.05, 3.63) is 42.5 Å². The van der Waals surface area contributed by atoms with Gasteiger partial charge in [0.25, 0.3) is 0 Å². The van der Waals surface area contributed by atoms with Gasteiger partial charge in [-0.05, 0) is 37.3 Å². The van der Waals surface area contributed by atoms with E-state index in [2.05, 4.69) is 5.32 Å². The van der Waals surface area contributed by atoms with Crippen LogP contribution in [0.15, 0.2) is 47.4 Å². The second-order valence-corrected chi connectivity index (χ2v) is 7.18. The Labute approximate surface area is 156 Å². The van der Waals surface area contributed by atoms with Crippen LogP contribution in [0.25, 0.3) is 0 Å². The Hall–Kier alpha value is -2.67. The number of thioether (sulfide) groups is 1. The second kappa shape index (κ2) is 7.70. The van der Waals surface area contributed by atoms with Gasteiger partial charge in [0, 0.05) is 4.90 Å². The van der Waals surface area contributed by atoms with Gasteiger partial charge in [0.2, 0.25) is 11.8 Å². The molecule has 1 N–H and O–H groups in total. The SMILES string of the molecule is COc1ccc(S[C@H](C)C(=O)N2CC(=O)Nc3ccccc32)cc1OC. The maximum atomic E-state index is 13.0. The number of fused-ring (bicyclic) bond motifs is 1. The van der Waals surface area contributed by atoms with Gasteiger partial charge >= 0.3 is 0 Å². The summed E-state index contributed by atoms with van der Waals surface area (Å²) < 4.78 is 10.5. The van der Waals surface area contributed by atoms with Crippen molar-refractivity contribution in [2.45, 2.75) is 17.1 Å². The van der Waals surface area contributed by atoms with Crippen molar-refractivity contribution in [1.82, 2.24) is 0 Å². The second-order valence-electron chi connectivity index (χ2n) is 5.77. The number of carbonyl (C=O) groups excluding carboxylic acids is 2. The molecule has 0 saturated carbocycles. The third kappa shape index (κ3) is 3.62.